The molecule has 0 radical (unpaired) electrons. The maximum absolute atomic E-state index is 15.5. The second kappa shape index (κ2) is 8.17. The van der Waals surface area contributed by atoms with Crippen LogP contribution in [0.3, 0.4) is 0 Å². The topological polar surface area (TPSA) is 77.5 Å². The number of hydrogen-bond acceptors (Lipinski definition) is 4. The van der Waals surface area contributed by atoms with Gasteiger partial charge in [0.25, 0.3) is 0 Å². The Labute approximate surface area is 204 Å². The molecule has 6 nitrogen and oxygen atoms in total. The molecule has 8 heteroatoms. The van der Waals surface area contributed by atoms with Crippen LogP contribution in [0.5, 0.6) is 0 Å². The van der Waals surface area contributed by atoms with Gasteiger partial charge in [0, 0.05) is 29.0 Å². The third kappa shape index (κ3) is 3.90. The average molecular weight is 493 g/mol. The molecule has 0 fully saturated rings. The Bertz CT molecular complexity index is 1430. The van der Waals surface area contributed by atoms with Crippen LogP contribution in [0.25, 0.3) is 22.2 Å². The van der Waals surface area contributed by atoms with E-state index in [2.05, 4.69) is 38.8 Å². The molecule has 5 rings (SSSR count). The van der Waals surface area contributed by atoms with Crippen molar-refractivity contribution in [1.29, 1.82) is 0 Å². The van der Waals surface area contributed by atoms with E-state index < -0.39 is 26.2 Å². The minimum Gasteiger partial charge on any atom is -0.475 e. The zero-order valence-electron chi connectivity index (χ0n) is 20.5. The van der Waals surface area contributed by atoms with Crippen molar-refractivity contribution in [2.24, 2.45) is 0 Å². The van der Waals surface area contributed by atoms with Crippen LogP contribution in [-0.4, -0.2) is 28.9 Å². The molecule has 0 aliphatic carbocycles. The second-order valence-electron chi connectivity index (χ2n) is 10.7. The first-order valence-electron chi connectivity index (χ1n) is 11.7. The fourth-order valence-electron chi connectivity index (χ4n) is 4.65. The molecule has 1 unspecified atom stereocenters. The van der Waals surface area contributed by atoms with Gasteiger partial charge in [0.1, 0.15) is 11.4 Å². The van der Waals surface area contributed by atoms with Gasteiger partial charge in [-0.2, -0.15) is 0 Å². The Morgan fingerprint density at radius 1 is 1.26 bits per heavy atom. The van der Waals surface area contributed by atoms with Crippen molar-refractivity contribution in [3.63, 3.8) is 0 Å². The number of aromatic nitrogens is 2. The monoisotopic (exact) mass is 492 g/mol. The highest BCUT2D eigenvalue weighted by atomic mass is 28.4. The van der Waals surface area contributed by atoms with Crippen molar-refractivity contribution in [2.45, 2.75) is 57.5 Å². The highest BCUT2D eigenvalue weighted by molar-refractivity contribution is 6.74. The van der Waals surface area contributed by atoms with Gasteiger partial charge in [-0.1, -0.05) is 45.0 Å². The fourth-order valence-corrected chi connectivity index (χ4v) is 5.94. The number of fused-ring (bicyclic) bond motifs is 4. The van der Waals surface area contributed by atoms with Crippen LogP contribution in [-0.2, 0) is 4.43 Å². The van der Waals surface area contributed by atoms with Crippen molar-refractivity contribution in [2.75, 3.05) is 0 Å². The van der Waals surface area contributed by atoms with Crippen molar-refractivity contribution >= 4 is 25.3 Å². The summed E-state index contributed by atoms with van der Waals surface area (Å²) in [5, 5.41) is 10.5. The van der Waals surface area contributed by atoms with Crippen molar-refractivity contribution in [3.05, 3.63) is 77.7 Å². The average Bonchev–Trinajstić information content (AvgIpc) is 3.47. The molecule has 2 aromatic carbocycles. The van der Waals surface area contributed by atoms with E-state index in [9.17, 15) is 9.90 Å². The number of furan rings is 1. The van der Waals surface area contributed by atoms with Crippen molar-refractivity contribution in [3.8, 4) is 11.3 Å². The lowest BCUT2D eigenvalue weighted by atomic mass is 9.95. The van der Waals surface area contributed by atoms with Gasteiger partial charge in [-0.25, -0.2) is 14.2 Å². The molecule has 0 spiro atoms. The lowest BCUT2D eigenvalue weighted by Gasteiger charge is -2.40. The minimum absolute atomic E-state index is 0.0296. The molecule has 0 amide bonds. The van der Waals surface area contributed by atoms with Crippen LogP contribution >= 0.6 is 0 Å². The van der Waals surface area contributed by atoms with Crippen LogP contribution in [0.2, 0.25) is 18.1 Å². The third-order valence-corrected chi connectivity index (χ3v) is 12.0. The number of halogens is 1. The first kappa shape index (κ1) is 23.5. The van der Waals surface area contributed by atoms with Gasteiger partial charge < -0.3 is 18.5 Å². The molecule has 0 bridgehead atoms. The third-order valence-electron chi connectivity index (χ3n) is 7.49. The summed E-state index contributed by atoms with van der Waals surface area (Å²) >= 11 is 0. The molecule has 182 valence electrons. The molecular formula is C27H29FN2O4Si. The highest BCUT2D eigenvalue weighted by Crippen LogP contribution is 2.48. The van der Waals surface area contributed by atoms with E-state index in [4.69, 9.17) is 8.84 Å². The van der Waals surface area contributed by atoms with Gasteiger partial charge in [-0.05, 0) is 35.8 Å². The Morgan fingerprint density at radius 3 is 2.71 bits per heavy atom. The number of carboxylic acid groups (broad SMARTS) is 1. The number of imidazole rings is 1. The van der Waals surface area contributed by atoms with E-state index in [-0.39, 0.29) is 16.9 Å². The normalized spacial score (nSPS) is 16.3. The Kier molecular flexibility index (Phi) is 5.49. The molecule has 4 aromatic rings. The molecule has 0 saturated carbocycles. The molecule has 1 aliphatic rings. The summed E-state index contributed by atoms with van der Waals surface area (Å²) in [5.74, 6) is -1.52. The summed E-state index contributed by atoms with van der Waals surface area (Å²) in [6.45, 7) is 10.7. The quantitative estimate of drug-likeness (QED) is 0.288. The lowest BCUT2D eigenvalue weighted by molar-refractivity contribution is 0.0674. The fraction of sp³-hybridized carbons (Fsp3) is 0.333. The Morgan fingerprint density at radius 2 is 2.00 bits per heavy atom. The largest absolute Gasteiger partial charge is 0.475 e. The van der Waals surface area contributed by atoms with Gasteiger partial charge in [0.05, 0.1) is 30.3 Å². The molecule has 1 aliphatic heterocycles. The van der Waals surface area contributed by atoms with Gasteiger partial charge in [-0.3, -0.25) is 0 Å². The second-order valence-corrected chi connectivity index (χ2v) is 15.4. The first-order chi connectivity index (χ1) is 16.5. The number of carbonyl (C=O) groups is 1. The smallest absolute Gasteiger partial charge is 0.372 e. The van der Waals surface area contributed by atoms with Gasteiger partial charge in [-0.15, -0.1) is 0 Å². The summed E-state index contributed by atoms with van der Waals surface area (Å²) < 4.78 is 29.5. The van der Waals surface area contributed by atoms with E-state index in [1.807, 2.05) is 30.3 Å². The predicted octanol–water partition coefficient (Wildman–Crippen LogP) is 7.19. The SMILES string of the molecule is CC(C)(C)[Si](C)(C)OC(C[C@H]1c2ccccc2-c2cnc(C(=O)O)n21)c1cc2ccoc2cc1F. The number of carboxylic acids is 1. The van der Waals surface area contributed by atoms with Crippen LogP contribution in [0.4, 0.5) is 4.39 Å². The number of rotatable bonds is 6. The maximum atomic E-state index is 15.5. The zero-order chi connectivity index (χ0) is 25.1. The van der Waals surface area contributed by atoms with E-state index >= 15 is 4.39 Å². The molecular weight excluding hydrogens is 463 g/mol. The van der Waals surface area contributed by atoms with Crippen molar-refractivity contribution in [1.82, 2.24) is 9.55 Å². The van der Waals surface area contributed by atoms with E-state index in [1.54, 1.807) is 23.1 Å². The Balaban J connectivity index is 1.65. The van der Waals surface area contributed by atoms with E-state index in [1.165, 1.54) is 6.07 Å². The molecule has 0 saturated heterocycles. The minimum atomic E-state index is -2.33. The van der Waals surface area contributed by atoms with Crippen molar-refractivity contribution < 1.29 is 23.1 Å². The molecule has 1 N–H and O–H groups in total. The van der Waals surface area contributed by atoms with E-state index in [0.29, 0.717) is 17.6 Å². The number of benzene rings is 2. The maximum Gasteiger partial charge on any atom is 0.372 e. The number of nitrogens with zero attached hydrogens (tertiary/aromatic N) is 2. The zero-order valence-corrected chi connectivity index (χ0v) is 21.5. The molecule has 35 heavy (non-hydrogen) atoms. The van der Waals surface area contributed by atoms with Crippen LogP contribution in [0.15, 0.2) is 59.3 Å². The highest BCUT2D eigenvalue weighted by Gasteiger charge is 2.42. The summed E-state index contributed by atoms with van der Waals surface area (Å²) in [7, 11) is -2.33. The summed E-state index contributed by atoms with van der Waals surface area (Å²) in [5.41, 5.74) is 3.61. The molecule has 2 aromatic heterocycles. The predicted molar refractivity (Wildman–Crippen MR) is 135 cm³/mol. The van der Waals surface area contributed by atoms with Gasteiger partial charge in [0.15, 0.2) is 8.32 Å². The summed E-state index contributed by atoms with van der Waals surface area (Å²) in [6, 6.07) is 12.5. The van der Waals surface area contributed by atoms with Gasteiger partial charge >= 0.3 is 5.97 Å². The lowest BCUT2D eigenvalue weighted by Crippen LogP contribution is -2.42. The summed E-state index contributed by atoms with van der Waals surface area (Å²) in [6.07, 6.45) is 2.92. The standard InChI is InChI=1S/C27H29FN2O4Si/c1-27(2,3)35(4,5)34-24(19-12-16-10-11-33-23(16)13-20(19)28)14-21-17-8-6-7-9-18(17)22-15-29-25(26(31)32)30(21)22/h6-13,15,21,24H,14H2,1-5H3,(H,31,32)/t21-,24?/m0/s1. The summed E-state index contributed by atoms with van der Waals surface area (Å²) in [4.78, 5) is 16.2. The van der Waals surface area contributed by atoms with Crippen LogP contribution in [0.1, 0.15) is 61.1 Å². The van der Waals surface area contributed by atoms with Gasteiger partial charge in [0.2, 0.25) is 5.82 Å². The van der Waals surface area contributed by atoms with Crippen LogP contribution < -0.4 is 0 Å². The van der Waals surface area contributed by atoms with Crippen LogP contribution in [0, 0.1) is 5.82 Å². The molecule has 2 atom stereocenters. The van der Waals surface area contributed by atoms with E-state index in [0.717, 1.165) is 22.2 Å². The number of aromatic carboxylic acids is 1. The number of hydrogen-bond donors (Lipinski definition) is 1. The molecule has 3 heterocycles. The first-order valence-corrected chi connectivity index (χ1v) is 14.6. The Hall–Kier alpha value is -3.23.